The second-order valence-corrected chi connectivity index (χ2v) is 8.54. The van der Waals surface area contributed by atoms with E-state index in [1.165, 1.54) is 17.3 Å². The molecular formula is C25H26ClN3O5. The summed E-state index contributed by atoms with van der Waals surface area (Å²) < 4.78 is 12.3. The topological polar surface area (TPSA) is 103 Å². The number of halogens is 1. The Morgan fingerprint density at radius 3 is 2.74 bits per heavy atom. The number of carboxylic acids is 1. The number of nitrogens with zero attached hydrogens (tertiary/aromatic N) is 3. The second kappa shape index (κ2) is 10.7. The van der Waals surface area contributed by atoms with Crippen molar-refractivity contribution in [2.75, 3.05) is 13.2 Å². The van der Waals surface area contributed by atoms with E-state index < -0.39 is 12.6 Å². The molecule has 9 heteroatoms. The van der Waals surface area contributed by atoms with Crippen LogP contribution in [0.2, 0.25) is 5.02 Å². The van der Waals surface area contributed by atoms with Gasteiger partial charge in [-0.2, -0.15) is 9.78 Å². The molecule has 0 saturated heterocycles. The molecule has 1 aliphatic rings. The van der Waals surface area contributed by atoms with E-state index in [9.17, 15) is 9.59 Å². The van der Waals surface area contributed by atoms with Crippen LogP contribution >= 0.6 is 11.6 Å². The van der Waals surface area contributed by atoms with Gasteiger partial charge in [-0.25, -0.2) is 9.78 Å². The van der Waals surface area contributed by atoms with E-state index in [4.69, 9.17) is 31.2 Å². The highest BCUT2D eigenvalue weighted by Crippen LogP contribution is 2.36. The van der Waals surface area contributed by atoms with Gasteiger partial charge in [0.2, 0.25) is 0 Å². The molecule has 2 aromatic carbocycles. The van der Waals surface area contributed by atoms with E-state index in [1.807, 2.05) is 18.2 Å². The average molecular weight is 484 g/mol. The number of hydrogen-bond donors (Lipinski definition) is 1. The molecule has 0 atom stereocenters. The zero-order valence-electron chi connectivity index (χ0n) is 18.9. The molecule has 8 nitrogen and oxygen atoms in total. The number of rotatable bonds is 8. The summed E-state index contributed by atoms with van der Waals surface area (Å²) >= 11 is 6.36. The van der Waals surface area contributed by atoms with E-state index in [1.54, 1.807) is 25.1 Å². The zero-order chi connectivity index (χ0) is 24.1. The summed E-state index contributed by atoms with van der Waals surface area (Å²) in [6.45, 7) is 1.59. The van der Waals surface area contributed by atoms with Crippen LogP contribution in [0.5, 0.6) is 11.5 Å². The second-order valence-electron chi connectivity index (χ2n) is 8.13. The van der Waals surface area contributed by atoms with E-state index in [-0.39, 0.29) is 22.2 Å². The zero-order valence-corrected chi connectivity index (χ0v) is 19.6. The maximum atomic E-state index is 13.3. The van der Waals surface area contributed by atoms with E-state index in [0.717, 1.165) is 25.7 Å². The van der Waals surface area contributed by atoms with Crippen molar-refractivity contribution in [3.05, 3.63) is 63.2 Å². The van der Waals surface area contributed by atoms with Gasteiger partial charge in [-0.1, -0.05) is 43.0 Å². The minimum Gasteiger partial charge on any atom is -0.490 e. The summed E-state index contributed by atoms with van der Waals surface area (Å²) in [7, 11) is 0. The molecule has 1 heterocycles. The van der Waals surface area contributed by atoms with Crippen molar-refractivity contribution in [3.8, 4) is 11.5 Å². The van der Waals surface area contributed by atoms with Crippen LogP contribution in [0.15, 0.2) is 46.3 Å². The minimum atomic E-state index is -1.12. The molecule has 1 saturated carbocycles. The SMILES string of the molecule is CCOc1cc(C=Nn2c(C3CCCCC3)nc3ccccc3c2=O)cc(Cl)c1OCC(=O)O. The number of ether oxygens (including phenoxy) is 2. The van der Waals surface area contributed by atoms with Gasteiger partial charge in [0.25, 0.3) is 5.56 Å². The minimum absolute atomic E-state index is 0.149. The van der Waals surface area contributed by atoms with Gasteiger partial charge in [-0.15, -0.1) is 0 Å². The maximum Gasteiger partial charge on any atom is 0.341 e. The van der Waals surface area contributed by atoms with Crippen molar-refractivity contribution in [2.45, 2.75) is 44.9 Å². The number of aromatic nitrogens is 2. The highest BCUT2D eigenvalue weighted by molar-refractivity contribution is 6.32. The third-order valence-corrected chi connectivity index (χ3v) is 6.02. The smallest absolute Gasteiger partial charge is 0.341 e. The molecule has 1 aliphatic carbocycles. The lowest BCUT2D eigenvalue weighted by molar-refractivity contribution is -0.139. The summed E-state index contributed by atoms with van der Waals surface area (Å²) in [5.74, 6) is 0.155. The fourth-order valence-corrected chi connectivity index (χ4v) is 4.47. The first-order valence-corrected chi connectivity index (χ1v) is 11.7. The normalized spacial score (nSPS) is 14.5. The van der Waals surface area contributed by atoms with Crippen molar-refractivity contribution in [3.63, 3.8) is 0 Å². The lowest BCUT2D eigenvalue weighted by Crippen LogP contribution is -2.25. The van der Waals surface area contributed by atoms with Gasteiger partial charge in [0.15, 0.2) is 18.1 Å². The van der Waals surface area contributed by atoms with Crippen LogP contribution in [-0.2, 0) is 4.79 Å². The molecule has 1 N–H and O–H groups in total. The molecule has 0 bridgehead atoms. The molecule has 4 rings (SSSR count). The molecule has 0 amide bonds. The Hall–Kier alpha value is -3.39. The van der Waals surface area contributed by atoms with Crippen LogP contribution < -0.4 is 15.0 Å². The van der Waals surface area contributed by atoms with E-state index in [0.29, 0.717) is 34.6 Å². The molecule has 0 aliphatic heterocycles. The fraction of sp³-hybridized carbons (Fsp3) is 0.360. The quantitative estimate of drug-likeness (QED) is 0.460. The summed E-state index contributed by atoms with van der Waals surface area (Å²) in [5.41, 5.74) is 1.02. The van der Waals surface area contributed by atoms with Crippen LogP contribution in [0, 0.1) is 0 Å². The van der Waals surface area contributed by atoms with Crippen molar-refractivity contribution in [1.29, 1.82) is 0 Å². The number of benzene rings is 2. The summed E-state index contributed by atoms with van der Waals surface area (Å²) in [5, 5.41) is 14.1. The predicted molar refractivity (Wildman–Crippen MR) is 131 cm³/mol. The molecule has 178 valence electrons. The molecule has 0 spiro atoms. The van der Waals surface area contributed by atoms with Crippen LogP contribution in [0.3, 0.4) is 0 Å². The number of carbonyl (C=O) groups is 1. The number of hydrogen-bond acceptors (Lipinski definition) is 6. The largest absolute Gasteiger partial charge is 0.490 e. The van der Waals surface area contributed by atoms with Gasteiger partial charge >= 0.3 is 5.97 Å². The number of aliphatic carboxylic acids is 1. The lowest BCUT2D eigenvalue weighted by atomic mass is 9.88. The molecule has 1 aromatic heterocycles. The summed E-state index contributed by atoms with van der Waals surface area (Å²) in [4.78, 5) is 29.0. The first-order chi connectivity index (χ1) is 16.5. The number of fused-ring (bicyclic) bond motifs is 1. The fourth-order valence-electron chi connectivity index (χ4n) is 4.20. The van der Waals surface area contributed by atoms with Crippen LogP contribution in [-0.4, -0.2) is 40.2 Å². The van der Waals surface area contributed by atoms with Gasteiger partial charge < -0.3 is 14.6 Å². The van der Waals surface area contributed by atoms with E-state index >= 15 is 0 Å². The van der Waals surface area contributed by atoms with Crippen molar-refractivity contribution >= 4 is 34.7 Å². The Labute approximate surface area is 201 Å². The van der Waals surface area contributed by atoms with Gasteiger partial charge in [0, 0.05) is 5.92 Å². The Balaban J connectivity index is 1.76. The Kier molecular flexibility index (Phi) is 7.47. The van der Waals surface area contributed by atoms with Gasteiger partial charge in [-0.05, 0) is 49.6 Å². The van der Waals surface area contributed by atoms with Crippen LogP contribution in [0.1, 0.15) is 56.3 Å². The molecular weight excluding hydrogens is 458 g/mol. The Bertz CT molecular complexity index is 1280. The first kappa shape index (κ1) is 23.8. The molecule has 3 aromatic rings. The third-order valence-electron chi connectivity index (χ3n) is 5.74. The van der Waals surface area contributed by atoms with E-state index in [2.05, 4.69) is 5.10 Å². The summed E-state index contributed by atoms with van der Waals surface area (Å²) in [6, 6.07) is 10.5. The molecule has 0 unspecified atom stereocenters. The molecule has 1 fully saturated rings. The predicted octanol–water partition coefficient (Wildman–Crippen LogP) is 4.84. The third kappa shape index (κ3) is 5.22. The average Bonchev–Trinajstić information content (AvgIpc) is 2.83. The Morgan fingerprint density at radius 2 is 2.00 bits per heavy atom. The Morgan fingerprint density at radius 1 is 1.24 bits per heavy atom. The van der Waals surface area contributed by atoms with Gasteiger partial charge in [0.05, 0.1) is 28.7 Å². The van der Waals surface area contributed by atoms with Gasteiger partial charge in [-0.3, -0.25) is 4.79 Å². The monoisotopic (exact) mass is 483 g/mol. The van der Waals surface area contributed by atoms with Crippen LogP contribution in [0.25, 0.3) is 10.9 Å². The van der Waals surface area contributed by atoms with Gasteiger partial charge in [0.1, 0.15) is 5.82 Å². The molecule has 0 radical (unpaired) electrons. The standard InChI is InChI=1S/C25H26ClN3O5/c1-2-33-21-13-16(12-19(26)23(21)34-15-22(30)31)14-27-29-24(17-8-4-3-5-9-17)28-20-11-7-6-10-18(20)25(29)32/h6-7,10-14,17H,2-5,8-9,15H2,1H3,(H,30,31). The van der Waals surface area contributed by atoms with Crippen molar-refractivity contribution in [2.24, 2.45) is 5.10 Å². The first-order valence-electron chi connectivity index (χ1n) is 11.3. The number of para-hydroxylation sites is 1. The van der Waals surface area contributed by atoms with Crippen molar-refractivity contribution in [1.82, 2.24) is 9.66 Å². The highest BCUT2D eigenvalue weighted by Gasteiger charge is 2.22. The number of carboxylic acid groups (broad SMARTS) is 1. The maximum absolute atomic E-state index is 13.3. The lowest BCUT2D eigenvalue weighted by Gasteiger charge is -2.22. The summed E-state index contributed by atoms with van der Waals surface area (Å²) in [6.07, 6.45) is 6.85. The van der Waals surface area contributed by atoms with Crippen LogP contribution in [0.4, 0.5) is 0 Å². The van der Waals surface area contributed by atoms with Crippen molar-refractivity contribution < 1.29 is 19.4 Å². The molecule has 34 heavy (non-hydrogen) atoms. The highest BCUT2D eigenvalue weighted by atomic mass is 35.5.